The van der Waals surface area contributed by atoms with Gasteiger partial charge in [0.15, 0.2) is 0 Å². The number of nitrogens with zero attached hydrogens (tertiary/aromatic N) is 4. The van der Waals surface area contributed by atoms with E-state index in [1.54, 1.807) is 6.92 Å². The smallest absolute Gasteiger partial charge is 0.0457 e. The minimum absolute atomic E-state index is 0.0103. The average Bonchev–Trinajstić information content (AvgIpc) is 1.56. The predicted molar refractivity (Wildman–Crippen MR) is 526 cm³/mol. The van der Waals surface area contributed by atoms with Gasteiger partial charge in [0, 0.05) is 93.4 Å². The first-order chi connectivity index (χ1) is 58.1. The van der Waals surface area contributed by atoms with E-state index < -0.39 is 17.8 Å². The van der Waals surface area contributed by atoms with E-state index in [1.807, 2.05) is 32.0 Å². The summed E-state index contributed by atoms with van der Waals surface area (Å²) in [6.07, 6.45) is -0.582. The lowest BCUT2D eigenvalue weighted by atomic mass is 9.78. The molecule has 0 saturated heterocycles. The van der Waals surface area contributed by atoms with Crippen LogP contribution in [0.1, 0.15) is 268 Å². The number of aryl methyl sites for hydroxylation is 2. The molecule has 4 nitrogen and oxygen atoms in total. The summed E-state index contributed by atoms with van der Waals surface area (Å²) in [5.41, 5.74) is 38.2. The van der Waals surface area contributed by atoms with E-state index in [1.165, 1.54) is 129 Å². The summed E-state index contributed by atoms with van der Waals surface area (Å²) < 4.78 is 27.7. The highest BCUT2D eigenvalue weighted by Gasteiger charge is 2.44. The topological polar surface area (TPSA) is 13.0 Å². The summed E-state index contributed by atoms with van der Waals surface area (Å²) >= 11 is 0. The Hall–Kier alpha value is -10.9. The van der Waals surface area contributed by atoms with Crippen LogP contribution in [0.4, 0.5) is 45.5 Å². The minimum atomic E-state index is -1.60. The molecule has 0 heterocycles. The van der Waals surface area contributed by atoms with E-state index in [2.05, 4.69) is 453 Å². The van der Waals surface area contributed by atoms with Crippen molar-refractivity contribution in [2.24, 2.45) is 0 Å². The van der Waals surface area contributed by atoms with Crippen LogP contribution in [0.15, 0.2) is 285 Å². The zero-order chi connectivity index (χ0) is 89.7. The van der Waals surface area contributed by atoms with Crippen molar-refractivity contribution in [3.8, 4) is 55.6 Å². The highest BCUT2D eigenvalue weighted by atomic mass is 15.2. The van der Waals surface area contributed by atoms with Crippen molar-refractivity contribution in [2.75, 3.05) is 19.6 Å². The van der Waals surface area contributed by atoms with Crippen LogP contribution in [0.3, 0.4) is 0 Å². The lowest BCUT2D eigenvalue weighted by molar-refractivity contribution is 0.554. The van der Waals surface area contributed by atoms with Crippen molar-refractivity contribution >= 4 is 45.5 Å². The molecule has 0 saturated carbocycles. The summed E-state index contributed by atoms with van der Waals surface area (Å²) in [4.78, 5) is 9.77. The zero-order valence-corrected chi connectivity index (χ0v) is 77.7. The number of rotatable bonds is 13. The third-order valence-corrected chi connectivity index (χ3v) is 25.9. The van der Waals surface area contributed by atoms with Crippen molar-refractivity contribution < 1.29 is 4.11 Å². The SMILES string of the molecule is CC(C)c1cc2c(cc1N(c1ccccc1)C(C)(C)C)C(C)(C)c1ccccc1-2.CCc1cc2c(cc1N(c1ccccc1)C(C)(C)C)C(C)(C)c1ccccc1-2.Cc1cc2c(cc1N(c1ccccc1)C(C)(C)C)C(C)(C)c1ccccc1-2.[2H]C([2H])(C)c1c(N(c2cccc(-c3ccccc3)c2C([2H])(C)C)C(C)(C)C)ccc2c1C(C)(C)c1ccccc1-2. The van der Waals surface area contributed by atoms with E-state index in [9.17, 15) is 4.11 Å². The Morgan fingerprint density at radius 2 is 0.653 bits per heavy atom. The van der Waals surface area contributed by atoms with Gasteiger partial charge < -0.3 is 19.6 Å². The first kappa shape index (κ1) is 82.4. The molecule has 0 unspecified atom stereocenters. The number of hydrogen-bond acceptors (Lipinski definition) is 4. The van der Waals surface area contributed by atoms with E-state index >= 15 is 0 Å². The monoisotopic (exact) mass is 1600 g/mol. The molecule has 0 aliphatic heterocycles. The molecule has 0 aromatic heterocycles. The average molecular weight is 1600 g/mol. The van der Waals surface area contributed by atoms with Gasteiger partial charge in [-0.15, -0.1) is 0 Å². The van der Waals surface area contributed by atoms with Gasteiger partial charge in [0.1, 0.15) is 0 Å². The number of para-hydroxylation sites is 3. The molecule has 0 bridgehead atoms. The molecule has 13 aromatic rings. The van der Waals surface area contributed by atoms with Gasteiger partial charge in [-0.1, -0.05) is 297 Å². The third-order valence-electron chi connectivity index (χ3n) is 25.9. The molecule has 622 valence electrons. The minimum Gasteiger partial charge on any atom is -0.336 e. The van der Waals surface area contributed by atoms with Crippen LogP contribution < -0.4 is 19.6 Å². The fourth-order valence-corrected chi connectivity index (χ4v) is 20.4. The highest BCUT2D eigenvalue weighted by molar-refractivity contribution is 5.91. The second kappa shape index (κ2) is 32.8. The molecule has 13 aromatic carbocycles. The van der Waals surface area contributed by atoms with Crippen LogP contribution in [-0.4, -0.2) is 22.2 Å². The number of benzene rings is 13. The summed E-state index contributed by atoms with van der Waals surface area (Å²) in [6, 6.07) is 103. The molecule has 4 aliphatic carbocycles. The van der Waals surface area contributed by atoms with E-state index in [4.69, 9.17) is 0 Å². The lowest BCUT2D eigenvalue weighted by Crippen LogP contribution is -2.39. The van der Waals surface area contributed by atoms with Gasteiger partial charge in [-0.25, -0.2) is 0 Å². The number of fused-ring (bicyclic) bond motifs is 12. The van der Waals surface area contributed by atoms with Crippen LogP contribution in [0.5, 0.6) is 0 Å². The van der Waals surface area contributed by atoms with Crippen LogP contribution in [0.2, 0.25) is 0 Å². The van der Waals surface area contributed by atoms with Gasteiger partial charge in [-0.05, 0) is 328 Å². The van der Waals surface area contributed by atoms with Crippen molar-refractivity contribution in [2.45, 2.75) is 255 Å². The molecule has 4 aliphatic rings. The van der Waals surface area contributed by atoms with Crippen LogP contribution >= 0.6 is 0 Å². The Labute approximate surface area is 733 Å². The van der Waals surface area contributed by atoms with E-state index in [0.29, 0.717) is 5.92 Å². The maximum absolute atomic E-state index is 9.31. The van der Waals surface area contributed by atoms with Crippen molar-refractivity contribution in [1.29, 1.82) is 0 Å². The quantitative estimate of drug-likeness (QED) is 0.114. The van der Waals surface area contributed by atoms with Gasteiger partial charge in [0.2, 0.25) is 0 Å². The van der Waals surface area contributed by atoms with Gasteiger partial charge in [0.05, 0.1) is 0 Å². The molecule has 0 radical (unpaired) electrons. The van der Waals surface area contributed by atoms with Crippen molar-refractivity contribution in [3.63, 3.8) is 0 Å². The third kappa shape index (κ3) is 15.9. The molecule has 0 N–H and O–H groups in total. The second-order valence-corrected chi connectivity index (χ2v) is 40.6. The van der Waals surface area contributed by atoms with E-state index in [0.717, 1.165) is 51.2 Å². The fraction of sp³-hybridized carbons (Fsp3) is 0.333. The lowest BCUT2D eigenvalue weighted by Gasteiger charge is -2.42. The van der Waals surface area contributed by atoms with Crippen LogP contribution in [-0.2, 0) is 34.5 Å². The van der Waals surface area contributed by atoms with E-state index in [-0.39, 0.29) is 38.3 Å². The fourth-order valence-electron chi connectivity index (χ4n) is 20.4. The Morgan fingerprint density at radius 3 is 1.06 bits per heavy atom. The molecule has 0 spiro atoms. The molecule has 17 rings (SSSR count). The van der Waals surface area contributed by atoms with Gasteiger partial charge in [-0.2, -0.15) is 0 Å². The zero-order valence-electron chi connectivity index (χ0n) is 80.7. The number of anilines is 8. The largest absolute Gasteiger partial charge is 0.336 e. The van der Waals surface area contributed by atoms with Crippen molar-refractivity contribution in [3.05, 3.63) is 357 Å². The van der Waals surface area contributed by atoms with Gasteiger partial charge >= 0.3 is 0 Å². The second-order valence-electron chi connectivity index (χ2n) is 40.6. The Bertz CT molecular complexity index is 6080. The molecular weight excluding hydrogens is 1460 g/mol. The summed E-state index contributed by atoms with van der Waals surface area (Å²) in [5.74, 6) is -0.456. The summed E-state index contributed by atoms with van der Waals surface area (Å²) in [7, 11) is 0. The normalized spacial score (nSPS) is 15.0. The molecule has 0 amide bonds. The maximum Gasteiger partial charge on any atom is 0.0457 e. The molecule has 4 heteroatoms. The molecule has 0 fully saturated rings. The Kier molecular flexibility index (Phi) is 22.3. The van der Waals surface area contributed by atoms with Gasteiger partial charge in [0.25, 0.3) is 0 Å². The molecule has 0 atom stereocenters. The van der Waals surface area contributed by atoms with Crippen LogP contribution in [0.25, 0.3) is 55.6 Å². The van der Waals surface area contributed by atoms with Crippen molar-refractivity contribution in [1.82, 2.24) is 0 Å². The number of hydrogen-bond donors (Lipinski definition) is 0. The summed E-state index contributed by atoms with van der Waals surface area (Å²) in [6.45, 7) is 60.4. The first-order valence-corrected chi connectivity index (χ1v) is 44.3. The predicted octanol–water partition coefficient (Wildman–Crippen LogP) is 33.1. The maximum atomic E-state index is 9.31. The van der Waals surface area contributed by atoms with Crippen LogP contribution in [0, 0.1) is 6.92 Å². The molecular formula is C117H134N4. The Balaban J connectivity index is 0.000000136. The highest BCUT2D eigenvalue weighted by Crippen LogP contribution is 2.58. The summed E-state index contributed by atoms with van der Waals surface area (Å²) in [5, 5.41) is 0. The standard InChI is InChI=1S/C36H41N.C28H33N.C27H31N.C26H29N/c1-9-26-31(23-22-29-28-18-13-14-20-30(28)36(7,8)34(26)29)37(35(4,5)6)32-21-15-19-27(33(32)24(2)3)25-16-11-10-12-17-25;1-19(2)22-17-23-21-15-11-12-16-24(21)28(6,7)25(23)18-26(22)29(27(3,4)5)20-13-9-8-10-14-20;1-7-19-17-22-21-15-11-12-16-23(21)27(5,6)24(22)18-25(19)28(26(2,3)4)20-13-9-8-10-14-20;1-18-16-21-20-14-10-11-15-22(20)26(5,6)23(21)17-24(18)27(25(2,3)4)19-12-8-7-9-13-19/h10-24H,9H2,1-8H3;8-19H,1-7H3;8-18H,7H2,1-6H3;7-17H,1-6H3/i9D2,24D;;;. The van der Waals surface area contributed by atoms with Gasteiger partial charge in [-0.3, -0.25) is 0 Å². The molecule has 121 heavy (non-hydrogen) atoms. The first-order valence-electron chi connectivity index (χ1n) is 45.8. The Morgan fingerprint density at radius 1 is 0.306 bits per heavy atom.